The minimum Gasteiger partial charge on any atom is -0.421 e. The molecule has 1 amide bonds. The summed E-state index contributed by atoms with van der Waals surface area (Å²) in [4.78, 5) is 26.5. The van der Waals surface area contributed by atoms with Crippen LogP contribution in [-0.2, 0) is 9.53 Å². The number of ether oxygens (including phenoxy) is 1. The molecule has 2 aliphatic rings. The predicted octanol–water partition coefficient (Wildman–Crippen LogP) is 3.59. The first-order valence-electron chi connectivity index (χ1n) is 6.84. The van der Waals surface area contributed by atoms with Crippen LogP contribution in [0, 0.1) is 0 Å². The zero-order valence-corrected chi connectivity index (χ0v) is 13.3. The highest BCUT2D eigenvalue weighted by molar-refractivity contribution is 8.27. The van der Waals surface area contributed by atoms with Gasteiger partial charge in [-0.1, -0.05) is 60.4 Å². The summed E-state index contributed by atoms with van der Waals surface area (Å²) >= 11 is 6.48. The number of fused-ring (bicyclic) bond motifs is 1. The first-order chi connectivity index (χ1) is 11.2. The van der Waals surface area contributed by atoms with Crippen LogP contribution in [0.5, 0.6) is 0 Å². The molecule has 1 saturated heterocycles. The van der Waals surface area contributed by atoms with Crippen molar-refractivity contribution in [3.8, 4) is 0 Å². The van der Waals surface area contributed by atoms with Crippen LogP contribution in [0.25, 0.3) is 5.76 Å². The molecule has 0 aromatic heterocycles. The molecular weight excluding hydrogens is 330 g/mol. The first kappa shape index (κ1) is 14.2. The number of para-hydroxylation sites is 1. The van der Waals surface area contributed by atoms with Gasteiger partial charge in [0.15, 0.2) is 10.1 Å². The molecule has 2 aromatic rings. The number of rotatable bonds is 1. The summed E-state index contributed by atoms with van der Waals surface area (Å²) in [6, 6.07) is 16.2. The number of hydrogen-bond acceptors (Lipinski definition) is 5. The lowest BCUT2D eigenvalue weighted by Crippen LogP contribution is -2.27. The van der Waals surface area contributed by atoms with Gasteiger partial charge >= 0.3 is 5.97 Å². The van der Waals surface area contributed by atoms with E-state index in [0.29, 0.717) is 31.8 Å². The lowest BCUT2D eigenvalue weighted by Gasteiger charge is -2.13. The number of thioether (sulfide) groups is 1. The van der Waals surface area contributed by atoms with E-state index in [9.17, 15) is 9.59 Å². The van der Waals surface area contributed by atoms with E-state index < -0.39 is 5.97 Å². The normalized spacial score (nSPS) is 20.0. The van der Waals surface area contributed by atoms with Gasteiger partial charge in [-0.05, 0) is 18.2 Å². The maximum atomic E-state index is 12.8. The molecule has 0 aliphatic carbocycles. The van der Waals surface area contributed by atoms with E-state index in [2.05, 4.69) is 0 Å². The zero-order chi connectivity index (χ0) is 16.0. The maximum Gasteiger partial charge on any atom is 0.344 e. The van der Waals surface area contributed by atoms with Crippen LogP contribution in [0.2, 0.25) is 0 Å². The van der Waals surface area contributed by atoms with Crippen LogP contribution in [0.3, 0.4) is 0 Å². The van der Waals surface area contributed by atoms with Gasteiger partial charge < -0.3 is 4.74 Å². The van der Waals surface area contributed by atoms with Crippen LogP contribution in [-0.4, -0.2) is 16.2 Å². The summed E-state index contributed by atoms with van der Waals surface area (Å²) in [6.07, 6.45) is 0. The highest BCUT2D eigenvalue weighted by Crippen LogP contribution is 2.42. The minimum absolute atomic E-state index is 0.272. The number of amides is 1. The second-order valence-electron chi connectivity index (χ2n) is 4.94. The molecule has 23 heavy (non-hydrogen) atoms. The highest BCUT2D eigenvalue weighted by Gasteiger charge is 2.40. The third-order valence-corrected chi connectivity index (χ3v) is 4.93. The number of hydrogen-bond donors (Lipinski definition) is 0. The van der Waals surface area contributed by atoms with Gasteiger partial charge in [0, 0.05) is 5.56 Å². The Bertz CT molecular complexity index is 890. The average molecular weight is 339 g/mol. The fourth-order valence-electron chi connectivity index (χ4n) is 2.53. The van der Waals surface area contributed by atoms with Crippen molar-refractivity contribution >= 4 is 51.6 Å². The van der Waals surface area contributed by atoms with Crippen LogP contribution in [0.4, 0.5) is 5.69 Å². The van der Waals surface area contributed by atoms with Crippen molar-refractivity contribution in [2.45, 2.75) is 0 Å². The molecular formula is C17H9NO3S2. The van der Waals surface area contributed by atoms with Crippen molar-refractivity contribution in [3.05, 3.63) is 70.6 Å². The summed E-state index contributed by atoms with van der Waals surface area (Å²) in [5, 5.41) is 0. The topological polar surface area (TPSA) is 46.6 Å². The number of cyclic esters (lactones) is 1. The number of carbonyl (C=O) groups is 2. The van der Waals surface area contributed by atoms with Crippen LogP contribution in [0.1, 0.15) is 15.9 Å². The van der Waals surface area contributed by atoms with Gasteiger partial charge in [0.25, 0.3) is 5.91 Å². The van der Waals surface area contributed by atoms with Gasteiger partial charge in [-0.25, -0.2) is 4.79 Å². The predicted molar refractivity (Wildman–Crippen MR) is 92.9 cm³/mol. The van der Waals surface area contributed by atoms with E-state index in [1.807, 2.05) is 30.3 Å². The summed E-state index contributed by atoms with van der Waals surface area (Å²) in [5.41, 5.74) is 1.79. The van der Waals surface area contributed by atoms with Gasteiger partial charge in [-0.15, -0.1) is 0 Å². The van der Waals surface area contributed by atoms with Gasteiger partial charge in [0.1, 0.15) is 4.91 Å². The largest absolute Gasteiger partial charge is 0.421 e. The molecule has 0 spiro atoms. The number of esters is 1. The fraction of sp³-hybridized carbons (Fsp3) is 0. The number of carbonyl (C=O) groups excluding carboxylic acids is 2. The SMILES string of the molecule is O=C1O/C(=C2\SC(=S)N(c3ccccc3)C2=O)c2ccccc21. The third kappa shape index (κ3) is 2.18. The zero-order valence-electron chi connectivity index (χ0n) is 11.7. The van der Waals surface area contributed by atoms with Gasteiger partial charge in [-0.2, -0.15) is 0 Å². The van der Waals surface area contributed by atoms with Gasteiger partial charge in [-0.3, -0.25) is 9.69 Å². The van der Waals surface area contributed by atoms with Crippen molar-refractivity contribution in [1.29, 1.82) is 0 Å². The standard InChI is InChI=1S/C17H9NO3S2/c19-15-14(13-11-8-4-5-9-12(11)16(20)21-13)23-17(22)18(15)10-6-2-1-3-7-10/h1-9H/b14-13-. The van der Waals surface area contributed by atoms with Crippen molar-refractivity contribution in [2.75, 3.05) is 4.90 Å². The molecule has 0 saturated carbocycles. The molecule has 4 rings (SSSR count). The second-order valence-corrected chi connectivity index (χ2v) is 6.58. The Kier molecular flexibility index (Phi) is 3.28. The third-order valence-electron chi connectivity index (χ3n) is 3.58. The van der Waals surface area contributed by atoms with E-state index in [1.165, 1.54) is 4.90 Å². The molecule has 2 aromatic carbocycles. The number of benzene rings is 2. The van der Waals surface area contributed by atoms with Crippen LogP contribution >= 0.6 is 24.0 Å². The van der Waals surface area contributed by atoms with E-state index in [0.717, 1.165) is 11.8 Å². The minimum atomic E-state index is -0.444. The van der Waals surface area contributed by atoms with Crippen molar-refractivity contribution in [3.63, 3.8) is 0 Å². The maximum absolute atomic E-state index is 12.8. The lowest BCUT2D eigenvalue weighted by atomic mass is 10.1. The molecule has 0 radical (unpaired) electrons. The van der Waals surface area contributed by atoms with Gasteiger partial charge in [0.2, 0.25) is 0 Å². The molecule has 2 aliphatic heterocycles. The van der Waals surface area contributed by atoms with Crippen molar-refractivity contribution in [2.24, 2.45) is 0 Å². The lowest BCUT2D eigenvalue weighted by molar-refractivity contribution is -0.113. The van der Waals surface area contributed by atoms with E-state index in [-0.39, 0.29) is 5.91 Å². The smallest absolute Gasteiger partial charge is 0.344 e. The van der Waals surface area contributed by atoms with Crippen molar-refractivity contribution < 1.29 is 14.3 Å². The average Bonchev–Trinajstić information content (AvgIpc) is 3.06. The summed E-state index contributed by atoms with van der Waals surface area (Å²) < 4.78 is 5.75. The van der Waals surface area contributed by atoms with Crippen molar-refractivity contribution in [1.82, 2.24) is 0 Å². The molecule has 0 bridgehead atoms. The Morgan fingerprint density at radius 1 is 0.913 bits per heavy atom. The Labute approximate surface area is 141 Å². The quantitative estimate of drug-likeness (QED) is 0.451. The van der Waals surface area contributed by atoms with E-state index >= 15 is 0 Å². The Morgan fingerprint density at radius 2 is 1.57 bits per heavy atom. The summed E-state index contributed by atoms with van der Waals surface area (Å²) in [6.45, 7) is 0. The molecule has 6 heteroatoms. The molecule has 0 unspecified atom stereocenters. The highest BCUT2D eigenvalue weighted by atomic mass is 32.2. The molecule has 0 N–H and O–H groups in total. The summed E-state index contributed by atoms with van der Waals surface area (Å²) in [7, 11) is 0. The first-order valence-corrected chi connectivity index (χ1v) is 8.06. The molecule has 4 nitrogen and oxygen atoms in total. The Hall–Kier alpha value is -2.44. The van der Waals surface area contributed by atoms with Crippen LogP contribution in [0.15, 0.2) is 59.5 Å². The number of nitrogens with zero attached hydrogens (tertiary/aromatic N) is 1. The molecule has 0 atom stereocenters. The molecule has 112 valence electrons. The second kappa shape index (κ2) is 5.33. The molecule has 1 fully saturated rings. The number of thiocarbonyl (C=S) groups is 1. The monoisotopic (exact) mass is 339 g/mol. The van der Waals surface area contributed by atoms with E-state index in [4.69, 9.17) is 17.0 Å². The fourth-order valence-corrected chi connectivity index (χ4v) is 3.85. The number of anilines is 1. The Morgan fingerprint density at radius 3 is 2.30 bits per heavy atom. The van der Waals surface area contributed by atoms with Gasteiger partial charge in [0.05, 0.1) is 11.3 Å². The van der Waals surface area contributed by atoms with E-state index in [1.54, 1.807) is 24.3 Å². The summed E-state index contributed by atoms with van der Waals surface area (Å²) in [5.74, 6) is -0.423. The van der Waals surface area contributed by atoms with Crippen LogP contribution < -0.4 is 4.90 Å². The Balaban J connectivity index is 1.82. The molecule has 2 heterocycles.